The highest BCUT2D eigenvalue weighted by Crippen LogP contribution is 2.21. The smallest absolute Gasteiger partial charge is 0.343 e. The molecular formula is C30H41BrO5. The highest BCUT2D eigenvalue weighted by Gasteiger charge is 2.14. The second-order valence-corrected chi connectivity index (χ2v) is 9.98. The Labute approximate surface area is 225 Å². The Morgan fingerprint density at radius 2 is 1.17 bits per heavy atom. The molecule has 2 rings (SSSR count). The molecule has 0 aromatic heterocycles. The van der Waals surface area contributed by atoms with Crippen LogP contribution in [-0.4, -0.2) is 23.9 Å². The van der Waals surface area contributed by atoms with Crippen molar-refractivity contribution in [3.8, 4) is 17.2 Å². The van der Waals surface area contributed by atoms with E-state index in [1.54, 1.807) is 48.5 Å². The zero-order valence-electron chi connectivity index (χ0n) is 21.8. The van der Waals surface area contributed by atoms with Gasteiger partial charge in [-0.2, -0.15) is 0 Å². The molecule has 0 radical (unpaired) electrons. The number of alkyl halides is 1. The van der Waals surface area contributed by atoms with Gasteiger partial charge in [0.2, 0.25) is 0 Å². The standard InChI is InChI=1S/C30H41BrO5/c1-3-24(2)29(32)35-27-18-20-28(21-19-27)36-30(33)25-14-16-26(17-15-25)34-23-13-11-9-7-5-4-6-8-10-12-22-31/h14-21,24H,3-13,22-23H2,1-2H3. The average Bonchev–Trinajstić information content (AvgIpc) is 2.90. The normalized spacial score (nSPS) is 11.6. The van der Waals surface area contributed by atoms with Crippen molar-refractivity contribution in [2.75, 3.05) is 11.9 Å². The molecule has 0 bridgehead atoms. The van der Waals surface area contributed by atoms with Gasteiger partial charge in [-0.15, -0.1) is 0 Å². The molecule has 0 heterocycles. The summed E-state index contributed by atoms with van der Waals surface area (Å²) in [5.74, 6) is 0.688. The van der Waals surface area contributed by atoms with Crippen LogP contribution in [0.3, 0.4) is 0 Å². The van der Waals surface area contributed by atoms with Crippen molar-refractivity contribution in [3.63, 3.8) is 0 Å². The van der Waals surface area contributed by atoms with Gasteiger partial charge in [0.05, 0.1) is 18.1 Å². The minimum absolute atomic E-state index is 0.159. The number of carbonyl (C=O) groups excluding carboxylic acids is 2. The fourth-order valence-electron chi connectivity index (χ4n) is 3.61. The molecule has 0 aliphatic carbocycles. The summed E-state index contributed by atoms with van der Waals surface area (Å²) < 4.78 is 16.6. The van der Waals surface area contributed by atoms with Crippen LogP contribution in [0.5, 0.6) is 17.2 Å². The van der Waals surface area contributed by atoms with Crippen molar-refractivity contribution in [1.82, 2.24) is 0 Å². The van der Waals surface area contributed by atoms with Crippen molar-refractivity contribution in [2.24, 2.45) is 5.92 Å². The maximum absolute atomic E-state index is 12.4. The molecule has 198 valence electrons. The molecule has 1 atom stereocenters. The summed E-state index contributed by atoms with van der Waals surface area (Å²) in [6.07, 6.45) is 13.6. The number of ether oxygens (including phenoxy) is 3. The highest BCUT2D eigenvalue weighted by atomic mass is 79.9. The zero-order chi connectivity index (χ0) is 26.0. The number of halogens is 1. The van der Waals surface area contributed by atoms with Crippen molar-refractivity contribution in [2.45, 2.75) is 84.5 Å². The molecule has 0 saturated heterocycles. The van der Waals surface area contributed by atoms with Crippen LogP contribution in [0.2, 0.25) is 0 Å². The third-order valence-electron chi connectivity index (χ3n) is 6.15. The number of carbonyl (C=O) groups is 2. The molecule has 1 unspecified atom stereocenters. The van der Waals surface area contributed by atoms with Crippen molar-refractivity contribution < 1.29 is 23.8 Å². The second-order valence-electron chi connectivity index (χ2n) is 9.19. The lowest BCUT2D eigenvalue weighted by Gasteiger charge is -2.10. The zero-order valence-corrected chi connectivity index (χ0v) is 23.4. The van der Waals surface area contributed by atoms with Gasteiger partial charge in [-0.05, 0) is 67.8 Å². The van der Waals surface area contributed by atoms with Crippen molar-refractivity contribution in [3.05, 3.63) is 54.1 Å². The lowest BCUT2D eigenvalue weighted by molar-refractivity contribution is -0.138. The number of hydrogen-bond donors (Lipinski definition) is 0. The van der Waals surface area contributed by atoms with E-state index in [1.807, 2.05) is 13.8 Å². The lowest BCUT2D eigenvalue weighted by Crippen LogP contribution is -2.16. The summed E-state index contributed by atoms with van der Waals surface area (Å²) in [6, 6.07) is 13.5. The van der Waals surface area contributed by atoms with Gasteiger partial charge >= 0.3 is 11.9 Å². The summed E-state index contributed by atoms with van der Waals surface area (Å²) in [5.41, 5.74) is 0.446. The van der Waals surface area contributed by atoms with E-state index in [9.17, 15) is 9.59 Å². The average molecular weight is 562 g/mol. The molecule has 0 fully saturated rings. The Balaban J connectivity index is 1.61. The quantitative estimate of drug-likeness (QED) is 0.0790. The Hall–Kier alpha value is -2.34. The molecular weight excluding hydrogens is 520 g/mol. The van der Waals surface area contributed by atoms with E-state index < -0.39 is 5.97 Å². The van der Waals surface area contributed by atoms with Gasteiger partial charge in [0, 0.05) is 5.33 Å². The largest absolute Gasteiger partial charge is 0.494 e. The third-order valence-corrected chi connectivity index (χ3v) is 6.71. The van der Waals surface area contributed by atoms with Crippen LogP contribution in [0.1, 0.15) is 94.8 Å². The number of benzene rings is 2. The minimum Gasteiger partial charge on any atom is -0.494 e. The van der Waals surface area contributed by atoms with E-state index in [4.69, 9.17) is 14.2 Å². The van der Waals surface area contributed by atoms with Gasteiger partial charge in [0.1, 0.15) is 17.2 Å². The molecule has 2 aromatic rings. The third kappa shape index (κ3) is 12.1. The first kappa shape index (κ1) is 29.9. The molecule has 0 N–H and O–H groups in total. The fourth-order valence-corrected chi connectivity index (χ4v) is 4.01. The molecule has 5 nitrogen and oxygen atoms in total. The fraction of sp³-hybridized carbons (Fsp3) is 0.533. The maximum Gasteiger partial charge on any atom is 0.343 e. The number of esters is 2. The molecule has 0 spiro atoms. The van der Waals surface area contributed by atoms with Crippen LogP contribution in [0.25, 0.3) is 0 Å². The van der Waals surface area contributed by atoms with Crippen LogP contribution >= 0.6 is 15.9 Å². The van der Waals surface area contributed by atoms with Gasteiger partial charge in [-0.25, -0.2) is 4.79 Å². The Morgan fingerprint density at radius 3 is 1.69 bits per heavy atom. The van der Waals surface area contributed by atoms with Crippen LogP contribution in [0.4, 0.5) is 0 Å². The molecule has 0 aliphatic heterocycles. The van der Waals surface area contributed by atoms with Gasteiger partial charge < -0.3 is 14.2 Å². The van der Waals surface area contributed by atoms with E-state index in [0.29, 0.717) is 23.7 Å². The Bertz CT molecular complexity index is 879. The van der Waals surface area contributed by atoms with Crippen molar-refractivity contribution >= 4 is 27.9 Å². The predicted molar refractivity (Wildman–Crippen MR) is 148 cm³/mol. The molecule has 0 aliphatic rings. The second kappa shape index (κ2) is 18.0. The maximum atomic E-state index is 12.4. The summed E-state index contributed by atoms with van der Waals surface area (Å²) in [7, 11) is 0. The Kier molecular flexibility index (Phi) is 14.9. The molecule has 36 heavy (non-hydrogen) atoms. The van der Waals surface area contributed by atoms with Crippen LogP contribution in [0, 0.1) is 5.92 Å². The lowest BCUT2D eigenvalue weighted by atomic mass is 10.1. The first-order valence-corrected chi connectivity index (χ1v) is 14.5. The van der Waals surface area contributed by atoms with E-state index in [-0.39, 0.29) is 11.9 Å². The van der Waals surface area contributed by atoms with Gasteiger partial charge in [-0.3, -0.25) is 4.79 Å². The summed E-state index contributed by atoms with van der Waals surface area (Å²) in [6.45, 7) is 4.45. The first-order chi connectivity index (χ1) is 17.5. The van der Waals surface area contributed by atoms with Crippen LogP contribution in [0.15, 0.2) is 48.5 Å². The number of hydrogen-bond acceptors (Lipinski definition) is 5. The SMILES string of the molecule is CCC(C)C(=O)Oc1ccc(OC(=O)c2ccc(OCCCCCCCCCCCCBr)cc2)cc1. The topological polar surface area (TPSA) is 61.8 Å². The van der Waals surface area contributed by atoms with E-state index in [0.717, 1.165) is 23.9 Å². The summed E-state index contributed by atoms with van der Waals surface area (Å²) >= 11 is 3.48. The van der Waals surface area contributed by atoms with Crippen molar-refractivity contribution in [1.29, 1.82) is 0 Å². The highest BCUT2D eigenvalue weighted by molar-refractivity contribution is 9.09. The number of unbranched alkanes of at least 4 members (excludes halogenated alkanes) is 9. The first-order valence-electron chi connectivity index (χ1n) is 13.4. The van der Waals surface area contributed by atoms with Gasteiger partial charge in [-0.1, -0.05) is 81.1 Å². The van der Waals surface area contributed by atoms with Gasteiger partial charge in [0.15, 0.2) is 0 Å². The molecule has 0 amide bonds. The van der Waals surface area contributed by atoms with Gasteiger partial charge in [0.25, 0.3) is 0 Å². The summed E-state index contributed by atoms with van der Waals surface area (Å²) in [5, 5.41) is 1.13. The van der Waals surface area contributed by atoms with E-state index in [1.165, 1.54) is 57.8 Å². The minimum atomic E-state index is -0.450. The molecule has 2 aromatic carbocycles. The Morgan fingerprint density at radius 1 is 0.694 bits per heavy atom. The van der Waals surface area contributed by atoms with Crippen LogP contribution in [-0.2, 0) is 4.79 Å². The number of rotatable bonds is 18. The molecule has 6 heteroatoms. The van der Waals surface area contributed by atoms with E-state index in [2.05, 4.69) is 15.9 Å². The van der Waals surface area contributed by atoms with E-state index >= 15 is 0 Å². The monoisotopic (exact) mass is 560 g/mol. The summed E-state index contributed by atoms with van der Waals surface area (Å²) in [4.78, 5) is 24.3. The molecule has 0 saturated carbocycles. The predicted octanol–water partition coefficient (Wildman–Crippen LogP) is 8.53. The van der Waals surface area contributed by atoms with Crippen LogP contribution < -0.4 is 14.2 Å².